The molecular formula is C18H27N3O3S. The minimum absolute atomic E-state index is 0.0233. The van der Waals surface area contributed by atoms with Gasteiger partial charge in [-0.05, 0) is 31.4 Å². The Hall–Kier alpha value is -1.60. The van der Waals surface area contributed by atoms with Crippen molar-refractivity contribution in [2.24, 2.45) is 0 Å². The standard InChI is InChI=1S/C18H27N3O3S/c1-2-15-25(23,24)21-10-6-9-17(21)18(22)20-13-11-19(12-14-20)16-7-4-3-5-8-16/h3-5,7-8,17H,2,6,9-15H2,1H3. The van der Waals surface area contributed by atoms with Gasteiger partial charge in [-0.15, -0.1) is 0 Å². The molecule has 0 N–H and O–H groups in total. The molecule has 25 heavy (non-hydrogen) atoms. The number of sulfonamides is 1. The topological polar surface area (TPSA) is 60.9 Å². The van der Waals surface area contributed by atoms with Crippen LogP contribution in [0.5, 0.6) is 0 Å². The van der Waals surface area contributed by atoms with E-state index in [1.165, 1.54) is 9.99 Å². The molecule has 1 aromatic rings. The Morgan fingerprint density at radius 2 is 1.76 bits per heavy atom. The van der Waals surface area contributed by atoms with E-state index in [0.29, 0.717) is 32.5 Å². The summed E-state index contributed by atoms with van der Waals surface area (Å²) in [4.78, 5) is 17.0. The fraction of sp³-hybridized carbons (Fsp3) is 0.611. The largest absolute Gasteiger partial charge is 0.368 e. The summed E-state index contributed by atoms with van der Waals surface area (Å²) in [5.74, 6) is 0.100. The smallest absolute Gasteiger partial charge is 0.241 e. The van der Waals surface area contributed by atoms with Crippen molar-refractivity contribution in [1.29, 1.82) is 0 Å². The molecule has 6 nitrogen and oxygen atoms in total. The van der Waals surface area contributed by atoms with Gasteiger partial charge in [0.2, 0.25) is 15.9 Å². The Morgan fingerprint density at radius 1 is 1.08 bits per heavy atom. The van der Waals surface area contributed by atoms with Gasteiger partial charge in [0.25, 0.3) is 0 Å². The van der Waals surface area contributed by atoms with Crippen molar-refractivity contribution in [1.82, 2.24) is 9.21 Å². The zero-order valence-corrected chi connectivity index (χ0v) is 15.6. The third kappa shape index (κ3) is 3.98. The molecule has 2 aliphatic rings. The van der Waals surface area contributed by atoms with E-state index in [1.54, 1.807) is 0 Å². The van der Waals surface area contributed by atoms with Crippen molar-refractivity contribution in [3.05, 3.63) is 30.3 Å². The number of carbonyl (C=O) groups is 1. The lowest BCUT2D eigenvalue weighted by Gasteiger charge is -2.38. The fourth-order valence-electron chi connectivity index (χ4n) is 3.73. The molecule has 1 aromatic carbocycles. The molecule has 2 fully saturated rings. The molecule has 7 heteroatoms. The van der Waals surface area contributed by atoms with Crippen LogP contribution >= 0.6 is 0 Å². The summed E-state index contributed by atoms with van der Waals surface area (Å²) in [6.07, 6.45) is 1.99. The molecular weight excluding hydrogens is 338 g/mol. The quantitative estimate of drug-likeness (QED) is 0.794. The van der Waals surface area contributed by atoms with Crippen molar-refractivity contribution in [3.63, 3.8) is 0 Å². The molecule has 138 valence electrons. The van der Waals surface area contributed by atoms with Crippen molar-refractivity contribution in [2.45, 2.75) is 32.2 Å². The number of hydrogen-bond donors (Lipinski definition) is 0. The number of carbonyl (C=O) groups excluding carboxylic acids is 1. The monoisotopic (exact) mass is 365 g/mol. The van der Waals surface area contributed by atoms with Gasteiger partial charge in [-0.3, -0.25) is 4.79 Å². The zero-order valence-electron chi connectivity index (χ0n) is 14.8. The second kappa shape index (κ2) is 7.74. The molecule has 1 atom stereocenters. The van der Waals surface area contributed by atoms with Crippen LogP contribution in [0.1, 0.15) is 26.2 Å². The Labute approximate surface area is 150 Å². The summed E-state index contributed by atoms with van der Waals surface area (Å²) in [6, 6.07) is 9.68. The van der Waals surface area contributed by atoms with E-state index in [1.807, 2.05) is 30.0 Å². The Morgan fingerprint density at radius 3 is 2.40 bits per heavy atom. The summed E-state index contributed by atoms with van der Waals surface area (Å²) in [5.41, 5.74) is 1.17. The predicted molar refractivity (Wildman–Crippen MR) is 99.0 cm³/mol. The van der Waals surface area contributed by atoms with Gasteiger partial charge < -0.3 is 9.80 Å². The molecule has 1 unspecified atom stereocenters. The Balaban J connectivity index is 1.62. The molecule has 0 aliphatic carbocycles. The van der Waals surface area contributed by atoms with E-state index >= 15 is 0 Å². The highest BCUT2D eigenvalue weighted by Gasteiger charge is 2.40. The number of hydrogen-bond acceptors (Lipinski definition) is 4. The van der Waals surface area contributed by atoms with Crippen LogP contribution in [-0.2, 0) is 14.8 Å². The molecule has 0 saturated carbocycles. The number of piperazine rings is 1. The third-order valence-electron chi connectivity index (χ3n) is 5.02. The number of nitrogens with zero attached hydrogens (tertiary/aromatic N) is 3. The Bertz CT molecular complexity index is 685. The highest BCUT2D eigenvalue weighted by Crippen LogP contribution is 2.24. The molecule has 2 heterocycles. The van der Waals surface area contributed by atoms with Crippen LogP contribution in [0.25, 0.3) is 0 Å². The van der Waals surface area contributed by atoms with E-state index in [4.69, 9.17) is 0 Å². The van der Waals surface area contributed by atoms with E-state index in [0.717, 1.165) is 19.5 Å². The summed E-state index contributed by atoms with van der Waals surface area (Å²) < 4.78 is 26.3. The minimum Gasteiger partial charge on any atom is -0.368 e. The fourth-order valence-corrected chi connectivity index (χ4v) is 5.47. The summed E-state index contributed by atoms with van der Waals surface area (Å²) in [7, 11) is -3.32. The van der Waals surface area contributed by atoms with Gasteiger partial charge in [0.15, 0.2) is 0 Å². The van der Waals surface area contributed by atoms with Crippen LogP contribution in [-0.4, -0.2) is 68.0 Å². The van der Waals surface area contributed by atoms with Gasteiger partial charge in [-0.25, -0.2) is 8.42 Å². The zero-order chi connectivity index (χ0) is 17.9. The third-order valence-corrected chi connectivity index (χ3v) is 7.10. The summed E-state index contributed by atoms with van der Waals surface area (Å²) >= 11 is 0. The lowest BCUT2D eigenvalue weighted by atomic mass is 10.1. The van der Waals surface area contributed by atoms with E-state index in [2.05, 4.69) is 17.0 Å². The predicted octanol–water partition coefficient (Wildman–Crippen LogP) is 1.54. The van der Waals surface area contributed by atoms with Gasteiger partial charge >= 0.3 is 0 Å². The van der Waals surface area contributed by atoms with Gasteiger partial charge in [0.05, 0.1) is 5.75 Å². The van der Waals surface area contributed by atoms with Gasteiger partial charge in [-0.2, -0.15) is 4.31 Å². The number of amides is 1. The second-order valence-electron chi connectivity index (χ2n) is 6.73. The van der Waals surface area contributed by atoms with E-state index in [-0.39, 0.29) is 11.7 Å². The summed E-state index contributed by atoms with van der Waals surface area (Å²) in [6.45, 7) is 5.18. The number of benzene rings is 1. The lowest BCUT2D eigenvalue weighted by Crippen LogP contribution is -2.54. The minimum atomic E-state index is -3.32. The van der Waals surface area contributed by atoms with E-state index < -0.39 is 16.1 Å². The second-order valence-corrected chi connectivity index (χ2v) is 8.77. The number of para-hydroxylation sites is 1. The number of anilines is 1. The van der Waals surface area contributed by atoms with Crippen molar-refractivity contribution in [2.75, 3.05) is 43.4 Å². The summed E-state index contributed by atoms with van der Waals surface area (Å²) in [5, 5.41) is 0. The highest BCUT2D eigenvalue weighted by molar-refractivity contribution is 7.89. The first kappa shape index (κ1) is 18.2. The maximum absolute atomic E-state index is 12.9. The van der Waals surface area contributed by atoms with Crippen molar-refractivity contribution in [3.8, 4) is 0 Å². The molecule has 0 radical (unpaired) electrons. The van der Waals surface area contributed by atoms with Gasteiger partial charge in [0.1, 0.15) is 6.04 Å². The van der Waals surface area contributed by atoms with Gasteiger partial charge in [0, 0.05) is 38.4 Å². The first-order chi connectivity index (χ1) is 12.0. The average Bonchev–Trinajstić information content (AvgIpc) is 3.13. The Kier molecular flexibility index (Phi) is 5.64. The van der Waals surface area contributed by atoms with Crippen LogP contribution in [0, 0.1) is 0 Å². The molecule has 0 bridgehead atoms. The van der Waals surface area contributed by atoms with Crippen LogP contribution in [0.3, 0.4) is 0 Å². The maximum Gasteiger partial charge on any atom is 0.241 e. The number of rotatable bonds is 5. The molecule has 2 aliphatic heterocycles. The normalized spacial score (nSPS) is 22.4. The average molecular weight is 365 g/mol. The first-order valence-electron chi connectivity index (χ1n) is 9.11. The molecule has 3 rings (SSSR count). The van der Waals surface area contributed by atoms with Gasteiger partial charge in [-0.1, -0.05) is 25.1 Å². The molecule has 1 amide bonds. The highest BCUT2D eigenvalue weighted by atomic mass is 32.2. The van der Waals surface area contributed by atoms with E-state index in [9.17, 15) is 13.2 Å². The van der Waals surface area contributed by atoms with Crippen molar-refractivity contribution >= 4 is 21.6 Å². The molecule has 2 saturated heterocycles. The van der Waals surface area contributed by atoms with Crippen LogP contribution in [0.4, 0.5) is 5.69 Å². The van der Waals surface area contributed by atoms with Crippen LogP contribution in [0.2, 0.25) is 0 Å². The molecule has 0 aromatic heterocycles. The van der Waals surface area contributed by atoms with Crippen molar-refractivity contribution < 1.29 is 13.2 Å². The maximum atomic E-state index is 12.9. The first-order valence-corrected chi connectivity index (χ1v) is 10.7. The molecule has 0 spiro atoms. The van der Waals surface area contributed by atoms with Crippen LogP contribution < -0.4 is 4.90 Å². The van der Waals surface area contributed by atoms with Crippen LogP contribution in [0.15, 0.2) is 30.3 Å². The lowest BCUT2D eigenvalue weighted by molar-refractivity contribution is -0.134. The SMILES string of the molecule is CCCS(=O)(=O)N1CCCC1C(=O)N1CCN(c2ccccc2)CC1.